The second-order valence-electron chi connectivity index (χ2n) is 6.66. The molecule has 0 bridgehead atoms. The lowest BCUT2D eigenvalue weighted by Gasteiger charge is -2.42. The first-order valence-electron chi connectivity index (χ1n) is 7.60. The van der Waals surface area contributed by atoms with E-state index in [0.717, 1.165) is 5.57 Å². The summed E-state index contributed by atoms with van der Waals surface area (Å²) < 4.78 is 5.00. The van der Waals surface area contributed by atoms with Crippen molar-refractivity contribution < 1.29 is 19.1 Å². The molecule has 118 valence electrons. The lowest BCUT2D eigenvalue weighted by atomic mass is 9.59. The van der Waals surface area contributed by atoms with Crippen molar-refractivity contribution in [3.05, 3.63) is 23.8 Å². The van der Waals surface area contributed by atoms with Crippen LogP contribution in [0.3, 0.4) is 0 Å². The van der Waals surface area contributed by atoms with E-state index in [-0.39, 0.29) is 24.2 Å². The number of allylic oxidation sites excluding steroid dienone is 1. The first-order chi connectivity index (χ1) is 10.4. The minimum Gasteiger partial charge on any atom is -0.468 e. The van der Waals surface area contributed by atoms with Gasteiger partial charge in [-0.15, -0.1) is 6.58 Å². The first kappa shape index (κ1) is 15.0. The molecule has 0 aromatic rings. The normalized spacial score (nSPS) is 36.7. The average Bonchev–Trinajstić information content (AvgIpc) is 2.83. The topological polar surface area (TPSA) is 63.7 Å². The van der Waals surface area contributed by atoms with Crippen LogP contribution >= 0.6 is 0 Å². The van der Waals surface area contributed by atoms with Crippen LogP contribution in [-0.4, -0.2) is 42.3 Å². The van der Waals surface area contributed by atoms with Gasteiger partial charge in [0.1, 0.15) is 0 Å². The Balaban J connectivity index is 2.26. The molecule has 5 nitrogen and oxygen atoms in total. The van der Waals surface area contributed by atoms with Gasteiger partial charge >= 0.3 is 5.97 Å². The van der Waals surface area contributed by atoms with Crippen molar-refractivity contribution in [1.82, 2.24) is 4.90 Å². The molecule has 22 heavy (non-hydrogen) atoms. The van der Waals surface area contributed by atoms with Gasteiger partial charge < -0.3 is 9.64 Å². The van der Waals surface area contributed by atoms with Gasteiger partial charge in [-0.2, -0.15) is 0 Å². The van der Waals surface area contributed by atoms with Gasteiger partial charge in [-0.1, -0.05) is 18.6 Å². The summed E-state index contributed by atoms with van der Waals surface area (Å²) in [6.07, 6.45) is 2.95. The van der Waals surface area contributed by atoms with Crippen LogP contribution in [0.4, 0.5) is 0 Å². The van der Waals surface area contributed by atoms with Crippen LogP contribution in [0.15, 0.2) is 23.8 Å². The number of carbonyl (C=O) groups is 3. The molecule has 0 aromatic carbocycles. The summed E-state index contributed by atoms with van der Waals surface area (Å²) in [6, 6.07) is -0.151. The Morgan fingerprint density at radius 2 is 2.18 bits per heavy atom. The molecule has 0 spiro atoms. The molecule has 1 saturated heterocycles. The van der Waals surface area contributed by atoms with Crippen molar-refractivity contribution in [2.24, 2.45) is 10.8 Å². The number of methoxy groups -OCH3 is 1. The number of carbonyl (C=O) groups excluding carboxylic acids is 3. The predicted molar refractivity (Wildman–Crippen MR) is 79.8 cm³/mol. The summed E-state index contributed by atoms with van der Waals surface area (Å²) in [5, 5.41) is 0. The Hall–Kier alpha value is -1.91. The standard InChI is InChI=1S/C17H21NO4/c1-5-8-18-12-7-6-11(19)13-10(2)9-17(14(18)20,15(21)22-4)16(12,13)3/h5,12H,1,6-9H2,2-4H3/t12-,16-,17-/m1/s1. The number of ketones is 1. The molecule has 2 aliphatic carbocycles. The molecule has 3 atom stereocenters. The van der Waals surface area contributed by atoms with Crippen LogP contribution in [0.25, 0.3) is 0 Å². The summed E-state index contributed by atoms with van der Waals surface area (Å²) in [5.74, 6) is -0.688. The minimum atomic E-state index is -1.29. The number of esters is 1. The molecule has 3 aliphatic rings. The van der Waals surface area contributed by atoms with Crippen molar-refractivity contribution in [2.45, 2.75) is 39.2 Å². The van der Waals surface area contributed by atoms with Crippen molar-refractivity contribution >= 4 is 17.7 Å². The molecule has 2 fully saturated rings. The number of hydrogen-bond acceptors (Lipinski definition) is 4. The van der Waals surface area contributed by atoms with Crippen molar-refractivity contribution in [1.29, 1.82) is 0 Å². The zero-order chi connectivity index (χ0) is 16.3. The van der Waals surface area contributed by atoms with Gasteiger partial charge in [0.05, 0.1) is 7.11 Å². The average molecular weight is 303 g/mol. The van der Waals surface area contributed by atoms with E-state index in [1.54, 1.807) is 11.0 Å². The van der Waals surface area contributed by atoms with Gasteiger partial charge in [0.2, 0.25) is 5.91 Å². The predicted octanol–water partition coefficient (Wildman–Crippen LogP) is 1.63. The highest BCUT2D eigenvalue weighted by Gasteiger charge is 2.76. The van der Waals surface area contributed by atoms with Gasteiger partial charge in [0.15, 0.2) is 11.2 Å². The van der Waals surface area contributed by atoms with Crippen LogP contribution < -0.4 is 0 Å². The number of amides is 1. The Bertz CT molecular complexity index is 635. The highest BCUT2D eigenvalue weighted by atomic mass is 16.5. The molecular formula is C17H21NO4. The molecule has 0 aromatic heterocycles. The lowest BCUT2D eigenvalue weighted by molar-refractivity contribution is -0.162. The molecule has 1 amide bonds. The summed E-state index contributed by atoms with van der Waals surface area (Å²) >= 11 is 0. The fraction of sp³-hybridized carbons (Fsp3) is 0.588. The van der Waals surface area contributed by atoms with E-state index in [1.165, 1.54) is 7.11 Å². The maximum absolute atomic E-state index is 13.1. The molecule has 0 radical (unpaired) electrons. The van der Waals surface area contributed by atoms with E-state index < -0.39 is 16.8 Å². The highest BCUT2D eigenvalue weighted by Crippen LogP contribution is 2.66. The fourth-order valence-electron chi connectivity index (χ4n) is 5.03. The molecule has 1 saturated carbocycles. The summed E-state index contributed by atoms with van der Waals surface area (Å²) in [6.45, 7) is 7.84. The molecular weight excluding hydrogens is 282 g/mol. The number of ether oxygens (including phenoxy) is 1. The van der Waals surface area contributed by atoms with Crippen LogP contribution in [-0.2, 0) is 19.1 Å². The maximum Gasteiger partial charge on any atom is 0.322 e. The van der Waals surface area contributed by atoms with Gasteiger partial charge in [-0.3, -0.25) is 14.4 Å². The molecule has 0 N–H and O–H groups in total. The van der Waals surface area contributed by atoms with Crippen LogP contribution in [0.2, 0.25) is 0 Å². The van der Waals surface area contributed by atoms with Crippen molar-refractivity contribution in [3.63, 3.8) is 0 Å². The Labute approximate surface area is 130 Å². The number of nitrogens with zero attached hydrogens (tertiary/aromatic N) is 1. The quantitative estimate of drug-likeness (QED) is 0.451. The number of likely N-dealkylation sites (tertiary alicyclic amines) is 1. The molecule has 3 rings (SSSR count). The van der Waals surface area contributed by atoms with Crippen molar-refractivity contribution in [3.8, 4) is 0 Å². The smallest absolute Gasteiger partial charge is 0.322 e. The minimum absolute atomic E-state index is 0.0651. The zero-order valence-corrected chi connectivity index (χ0v) is 13.3. The SMILES string of the molecule is C=CCN1C(=O)[C@@]2(C(=O)OC)CC(C)=C3C(=O)CC[C@@H]1[C@]32C. The van der Waals surface area contributed by atoms with E-state index in [2.05, 4.69) is 6.58 Å². The third-order valence-corrected chi connectivity index (χ3v) is 5.81. The number of rotatable bonds is 3. The summed E-state index contributed by atoms with van der Waals surface area (Å²) in [7, 11) is 1.30. The van der Waals surface area contributed by atoms with E-state index in [9.17, 15) is 14.4 Å². The van der Waals surface area contributed by atoms with Gasteiger partial charge in [-0.05, 0) is 19.8 Å². The van der Waals surface area contributed by atoms with Gasteiger partial charge in [0.25, 0.3) is 0 Å². The number of hydrogen-bond donors (Lipinski definition) is 0. The Morgan fingerprint density at radius 1 is 1.50 bits per heavy atom. The Kier molecular flexibility index (Phi) is 3.10. The Morgan fingerprint density at radius 3 is 2.77 bits per heavy atom. The first-order valence-corrected chi connectivity index (χ1v) is 7.60. The zero-order valence-electron chi connectivity index (χ0n) is 13.3. The monoisotopic (exact) mass is 303 g/mol. The summed E-state index contributed by atoms with van der Waals surface area (Å²) in [5.41, 5.74) is -0.548. The summed E-state index contributed by atoms with van der Waals surface area (Å²) in [4.78, 5) is 40.0. The lowest BCUT2D eigenvalue weighted by Crippen LogP contribution is -2.51. The molecule has 1 heterocycles. The van der Waals surface area contributed by atoms with Crippen LogP contribution in [0, 0.1) is 10.8 Å². The van der Waals surface area contributed by atoms with E-state index in [1.807, 2.05) is 13.8 Å². The second kappa shape index (κ2) is 4.54. The highest BCUT2D eigenvalue weighted by molar-refractivity contribution is 6.12. The van der Waals surface area contributed by atoms with E-state index in [4.69, 9.17) is 4.74 Å². The van der Waals surface area contributed by atoms with Crippen LogP contribution in [0.5, 0.6) is 0 Å². The van der Waals surface area contributed by atoms with Gasteiger partial charge in [0, 0.05) is 30.0 Å². The third-order valence-electron chi connectivity index (χ3n) is 5.81. The molecule has 1 aliphatic heterocycles. The largest absolute Gasteiger partial charge is 0.468 e. The van der Waals surface area contributed by atoms with E-state index in [0.29, 0.717) is 25.0 Å². The van der Waals surface area contributed by atoms with Crippen molar-refractivity contribution in [2.75, 3.05) is 13.7 Å². The second-order valence-corrected chi connectivity index (χ2v) is 6.66. The number of Topliss-reactive ketones (excluding diaryl/α,β-unsaturated/α-hetero) is 1. The van der Waals surface area contributed by atoms with Crippen LogP contribution in [0.1, 0.15) is 33.1 Å². The third kappa shape index (κ3) is 1.37. The van der Waals surface area contributed by atoms with E-state index >= 15 is 0 Å². The maximum atomic E-state index is 13.1. The molecule has 5 heteroatoms. The fourth-order valence-corrected chi connectivity index (χ4v) is 5.03. The molecule has 0 unspecified atom stereocenters. The van der Waals surface area contributed by atoms with Gasteiger partial charge in [-0.25, -0.2) is 0 Å².